The lowest BCUT2D eigenvalue weighted by Crippen LogP contribution is -2.09. The molecule has 2 aromatic rings. The van der Waals surface area contributed by atoms with Gasteiger partial charge in [-0.25, -0.2) is 0 Å². The van der Waals surface area contributed by atoms with Gasteiger partial charge in [0, 0.05) is 25.3 Å². The van der Waals surface area contributed by atoms with Gasteiger partial charge < -0.3 is 19.7 Å². The van der Waals surface area contributed by atoms with Gasteiger partial charge in [-0.05, 0) is 19.1 Å². The third-order valence-electron chi connectivity index (χ3n) is 2.60. The van der Waals surface area contributed by atoms with Crippen LogP contribution < -0.4 is 10.5 Å². The van der Waals surface area contributed by atoms with Crippen LogP contribution in [0.5, 0.6) is 5.75 Å². The molecule has 2 N–H and O–H groups in total. The van der Waals surface area contributed by atoms with Gasteiger partial charge in [0.15, 0.2) is 12.4 Å². The van der Waals surface area contributed by atoms with Gasteiger partial charge >= 0.3 is 0 Å². The van der Waals surface area contributed by atoms with Crippen molar-refractivity contribution >= 4 is 5.69 Å². The number of ether oxygens (including phenoxy) is 2. The summed E-state index contributed by atoms with van der Waals surface area (Å²) >= 11 is 0. The molecule has 0 aliphatic heterocycles. The molecular formula is C13H17N3O3. The van der Waals surface area contributed by atoms with E-state index in [1.807, 2.05) is 19.1 Å². The Hall–Kier alpha value is -2.08. The zero-order chi connectivity index (χ0) is 13.7. The van der Waals surface area contributed by atoms with Crippen LogP contribution in [0.4, 0.5) is 5.69 Å². The van der Waals surface area contributed by atoms with Crippen molar-refractivity contribution < 1.29 is 14.0 Å². The summed E-state index contributed by atoms with van der Waals surface area (Å²) in [4.78, 5) is 4.22. The predicted octanol–water partition coefficient (Wildman–Crippen LogP) is 1.81. The van der Waals surface area contributed by atoms with Crippen molar-refractivity contribution in [2.24, 2.45) is 0 Å². The summed E-state index contributed by atoms with van der Waals surface area (Å²) in [5, 5.41) is 3.86. The van der Waals surface area contributed by atoms with Crippen molar-refractivity contribution in [3.63, 3.8) is 0 Å². The summed E-state index contributed by atoms with van der Waals surface area (Å²) in [7, 11) is 1.65. The Balaban J connectivity index is 1.90. The monoisotopic (exact) mass is 263 g/mol. The van der Waals surface area contributed by atoms with Gasteiger partial charge in [0.1, 0.15) is 5.75 Å². The van der Waals surface area contributed by atoms with Crippen molar-refractivity contribution in [3.8, 4) is 5.75 Å². The molecule has 0 saturated carbocycles. The average molecular weight is 263 g/mol. The molecule has 0 amide bonds. The minimum absolute atomic E-state index is 0.0558. The first kappa shape index (κ1) is 13.4. The second kappa shape index (κ2) is 6.19. The molecule has 0 radical (unpaired) electrons. The fourth-order valence-electron chi connectivity index (χ4n) is 1.52. The summed E-state index contributed by atoms with van der Waals surface area (Å²) in [6.07, 6.45) is 0.665. The van der Waals surface area contributed by atoms with Crippen LogP contribution in [0, 0.1) is 0 Å². The number of nitrogens with two attached hydrogens (primary N) is 1. The van der Waals surface area contributed by atoms with Crippen LogP contribution in [0.25, 0.3) is 0 Å². The Bertz CT molecular complexity index is 527. The molecule has 0 bridgehead atoms. The summed E-state index contributed by atoms with van der Waals surface area (Å²) in [5.41, 5.74) is 6.31. The van der Waals surface area contributed by atoms with Gasteiger partial charge in [0.05, 0.1) is 6.10 Å². The Morgan fingerprint density at radius 2 is 2.26 bits per heavy atom. The van der Waals surface area contributed by atoms with E-state index >= 15 is 0 Å². The van der Waals surface area contributed by atoms with Crippen LogP contribution in [-0.2, 0) is 17.8 Å². The van der Waals surface area contributed by atoms with Crippen LogP contribution in [0.15, 0.2) is 28.8 Å². The molecule has 19 heavy (non-hydrogen) atoms. The molecule has 102 valence electrons. The summed E-state index contributed by atoms with van der Waals surface area (Å²) in [5.74, 6) is 1.71. The van der Waals surface area contributed by atoms with Crippen LogP contribution in [0.3, 0.4) is 0 Å². The second-order valence-corrected chi connectivity index (χ2v) is 4.22. The molecule has 0 fully saturated rings. The fourth-order valence-corrected chi connectivity index (χ4v) is 1.52. The predicted molar refractivity (Wildman–Crippen MR) is 69.7 cm³/mol. The molecule has 1 unspecified atom stereocenters. The molecule has 1 aromatic heterocycles. The van der Waals surface area contributed by atoms with E-state index in [0.29, 0.717) is 29.6 Å². The SMILES string of the molecule is COC(C)Cc1noc(COc2cccc(N)c2)n1. The average Bonchev–Trinajstić information content (AvgIpc) is 2.84. The van der Waals surface area contributed by atoms with Gasteiger partial charge in [-0.1, -0.05) is 11.2 Å². The van der Waals surface area contributed by atoms with E-state index in [1.165, 1.54) is 0 Å². The van der Waals surface area contributed by atoms with Gasteiger partial charge in [-0.3, -0.25) is 0 Å². The van der Waals surface area contributed by atoms with Crippen molar-refractivity contribution in [2.75, 3.05) is 12.8 Å². The topological polar surface area (TPSA) is 83.4 Å². The second-order valence-electron chi connectivity index (χ2n) is 4.22. The Labute approximate surface area is 111 Å². The van der Waals surface area contributed by atoms with E-state index in [1.54, 1.807) is 19.2 Å². The molecule has 1 heterocycles. The number of benzene rings is 1. The Morgan fingerprint density at radius 3 is 3.00 bits per heavy atom. The number of nitrogen functional groups attached to an aromatic ring is 1. The van der Waals surface area contributed by atoms with E-state index in [4.69, 9.17) is 19.7 Å². The molecular weight excluding hydrogens is 246 g/mol. The van der Waals surface area contributed by atoms with Crippen molar-refractivity contribution in [2.45, 2.75) is 26.1 Å². The molecule has 0 saturated heterocycles. The Kier molecular flexibility index (Phi) is 4.35. The highest BCUT2D eigenvalue weighted by Gasteiger charge is 2.10. The van der Waals surface area contributed by atoms with E-state index in [-0.39, 0.29) is 12.7 Å². The highest BCUT2D eigenvalue weighted by molar-refractivity contribution is 5.43. The molecule has 0 aliphatic carbocycles. The lowest BCUT2D eigenvalue weighted by Gasteiger charge is -2.04. The van der Waals surface area contributed by atoms with Gasteiger partial charge in [0.25, 0.3) is 5.89 Å². The van der Waals surface area contributed by atoms with Crippen molar-refractivity contribution in [1.29, 1.82) is 0 Å². The van der Waals surface area contributed by atoms with Gasteiger partial charge in [-0.15, -0.1) is 0 Å². The molecule has 0 aliphatic rings. The molecule has 1 atom stereocenters. The maximum absolute atomic E-state index is 5.66. The minimum atomic E-state index is 0.0558. The lowest BCUT2D eigenvalue weighted by atomic mass is 10.3. The molecule has 6 nitrogen and oxygen atoms in total. The zero-order valence-corrected chi connectivity index (χ0v) is 11.0. The number of hydrogen-bond donors (Lipinski definition) is 1. The molecule has 1 aromatic carbocycles. The number of methoxy groups -OCH3 is 1. The third kappa shape index (κ3) is 3.96. The van der Waals surface area contributed by atoms with Gasteiger partial charge in [-0.2, -0.15) is 4.98 Å². The van der Waals surface area contributed by atoms with Crippen molar-refractivity contribution in [3.05, 3.63) is 36.0 Å². The van der Waals surface area contributed by atoms with Gasteiger partial charge in [0.2, 0.25) is 0 Å². The number of aromatic nitrogens is 2. The van der Waals surface area contributed by atoms with E-state index < -0.39 is 0 Å². The number of hydrogen-bond acceptors (Lipinski definition) is 6. The summed E-state index contributed by atoms with van der Waals surface area (Å²) in [6.45, 7) is 2.16. The van der Waals surface area contributed by atoms with E-state index in [2.05, 4.69) is 10.1 Å². The summed E-state index contributed by atoms with van der Waals surface area (Å²) in [6, 6.07) is 7.18. The fraction of sp³-hybridized carbons (Fsp3) is 0.385. The highest BCUT2D eigenvalue weighted by Crippen LogP contribution is 2.15. The number of nitrogens with zero attached hydrogens (tertiary/aromatic N) is 2. The smallest absolute Gasteiger partial charge is 0.264 e. The number of anilines is 1. The first-order chi connectivity index (χ1) is 9.17. The normalized spacial score (nSPS) is 12.3. The largest absolute Gasteiger partial charge is 0.484 e. The molecule has 2 rings (SSSR count). The third-order valence-corrected chi connectivity index (χ3v) is 2.60. The minimum Gasteiger partial charge on any atom is -0.484 e. The van der Waals surface area contributed by atoms with E-state index in [9.17, 15) is 0 Å². The zero-order valence-electron chi connectivity index (χ0n) is 11.0. The highest BCUT2D eigenvalue weighted by atomic mass is 16.5. The lowest BCUT2D eigenvalue weighted by molar-refractivity contribution is 0.116. The van der Waals surface area contributed by atoms with Crippen LogP contribution in [0.1, 0.15) is 18.6 Å². The van der Waals surface area contributed by atoms with E-state index in [0.717, 1.165) is 0 Å². The quantitative estimate of drug-likeness (QED) is 0.800. The molecule has 0 spiro atoms. The first-order valence-electron chi connectivity index (χ1n) is 6.00. The van der Waals surface area contributed by atoms with Crippen molar-refractivity contribution in [1.82, 2.24) is 10.1 Å². The van der Waals surface area contributed by atoms with Crippen LogP contribution in [0.2, 0.25) is 0 Å². The van der Waals surface area contributed by atoms with Crippen LogP contribution in [-0.4, -0.2) is 23.4 Å². The maximum atomic E-state index is 5.66. The molecule has 6 heteroatoms. The summed E-state index contributed by atoms with van der Waals surface area (Å²) < 4.78 is 15.7. The standard InChI is InChI=1S/C13H17N3O3/c1-9(17-2)6-12-15-13(19-16-12)8-18-11-5-3-4-10(14)7-11/h3-5,7,9H,6,8,14H2,1-2H3. The number of rotatable bonds is 6. The van der Waals surface area contributed by atoms with Crippen LogP contribution >= 0.6 is 0 Å². The maximum Gasteiger partial charge on any atom is 0.264 e. The Morgan fingerprint density at radius 1 is 1.42 bits per heavy atom. The first-order valence-corrected chi connectivity index (χ1v) is 6.00.